The molecule has 0 aliphatic carbocycles. The van der Waals surface area contributed by atoms with Gasteiger partial charge in [0.05, 0.1) is 6.54 Å². The molecule has 0 fully saturated rings. The summed E-state index contributed by atoms with van der Waals surface area (Å²) in [5.74, 6) is 0.306. The number of aromatic hydroxyl groups is 1. The summed E-state index contributed by atoms with van der Waals surface area (Å²) >= 11 is 3.47. The zero-order valence-electron chi connectivity index (χ0n) is 12.0. The molecular formula is C19H16BrNO. The summed E-state index contributed by atoms with van der Waals surface area (Å²) in [6.07, 6.45) is 0. The van der Waals surface area contributed by atoms with Crippen LogP contribution in [0.25, 0.3) is 0 Å². The van der Waals surface area contributed by atoms with Gasteiger partial charge in [-0.3, -0.25) is 0 Å². The molecule has 0 radical (unpaired) electrons. The highest BCUT2D eigenvalue weighted by molar-refractivity contribution is 9.10. The van der Waals surface area contributed by atoms with Crippen molar-refractivity contribution in [2.24, 2.45) is 0 Å². The molecule has 0 spiro atoms. The molecule has 0 atom stereocenters. The number of phenolic OH excluding ortho intramolecular Hbond substituents is 1. The molecule has 0 aliphatic rings. The summed E-state index contributed by atoms with van der Waals surface area (Å²) in [7, 11) is 0. The lowest BCUT2D eigenvalue weighted by Crippen LogP contribution is -2.16. The van der Waals surface area contributed by atoms with E-state index in [2.05, 4.69) is 45.1 Å². The minimum atomic E-state index is 0.306. The highest BCUT2D eigenvalue weighted by Gasteiger charge is 2.12. The van der Waals surface area contributed by atoms with Crippen molar-refractivity contribution in [1.29, 1.82) is 0 Å². The Labute approximate surface area is 138 Å². The molecule has 0 bridgehead atoms. The lowest BCUT2D eigenvalue weighted by molar-refractivity contribution is 0.468. The minimum absolute atomic E-state index is 0.306. The first-order valence-electron chi connectivity index (χ1n) is 7.09. The molecule has 3 aromatic carbocycles. The molecule has 2 nitrogen and oxygen atoms in total. The van der Waals surface area contributed by atoms with Crippen molar-refractivity contribution in [3.63, 3.8) is 0 Å². The van der Waals surface area contributed by atoms with Gasteiger partial charge in [0, 0.05) is 21.4 Å². The van der Waals surface area contributed by atoms with E-state index in [1.165, 1.54) is 0 Å². The summed E-state index contributed by atoms with van der Waals surface area (Å²) in [6, 6.07) is 25.9. The minimum Gasteiger partial charge on any atom is -0.508 e. The van der Waals surface area contributed by atoms with Gasteiger partial charge in [-0.15, -0.1) is 0 Å². The monoisotopic (exact) mass is 353 g/mol. The van der Waals surface area contributed by atoms with Crippen molar-refractivity contribution in [3.05, 3.63) is 88.9 Å². The SMILES string of the molecule is Oc1ccc(Br)cc1CN(c1ccccc1)c1ccccc1. The Morgan fingerprint density at radius 1 is 0.773 bits per heavy atom. The van der Waals surface area contributed by atoms with Gasteiger partial charge in [-0.25, -0.2) is 0 Å². The summed E-state index contributed by atoms with van der Waals surface area (Å²) in [6.45, 7) is 0.597. The van der Waals surface area contributed by atoms with Gasteiger partial charge in [0.1, 0.15) is 5.75 Å². The van der Waals surface area contributed by atoms with E-state index in [1.807, 2.05) is 48.5 Å². The molecule has 3 rings (SSSR count). The number of benzene rings is 3. The van der Waals surface area contributed by atoms with E-state index in [-0.39, 0.29) is 0 Å². The fourth-order valence-corrected chi connectivity index (χ4v) is 2.81. The predicted molar refractivity (Wildman–Crippen MR) is 94.5 cm³/mol. The molecule has 1 N–H and O–H groups in total. The van der Waals surface area contributed by atoms with Crippen LogP contribution >= 0.6 is 15.9 Å². The van der Waals surface area contributed by atoms with E-state index >= 15 is 0 Å². The molecule has 110 valence electrons. The molecule has 0 aliphatic heterocycles. The first kappa shape index (κ1) is 14.7. The van der Waals surface area contributed by atoms with Gasteiger partial charge in [0.2, 0.25) is 0 Å². The van der Waals surface area contributed by atoms with Crippen LogP contribution in [-0.4, -0.2) is 5.11 Å². The smallest absolute Gasteiger partial charge is 0.120 e. The van der Waals surface area contributed by atoms with Crippen molar-refractivity contribution < 1.29 is 5.11 Å². The van der Waals surface area contributed by atoms with Crippen molar-refractivity contribution in [1.82, 2.24) is 0 Å². The molecule has 3 aromatic rings. The second kappa shape index (κ2) is 6.67. The van der Waals surface area contributed by atoms with Crippen molar-refractivity contribution in [2.45, 2.75) is 6.54 Å². The van der Waals surface area contributed by atoms with Crippen molar-refractivity contribution in [2.75, 3.05) is 4.90 Å². The van der Waals surface area contributed by atoms with Gasteiger partial charge in [-0.05, 0) is 42.5 Å². The Kier molecular flexibility index (Phi) is 4.45. The maximum atomic E-state index is 10.1. The third-order valence-electron chi connectivity index (χ3n) is 3.51. The number of halogens is 1. The van der Waals surface area contributed by atoms with Crippen LogP contribution in [0, 0.1) is 0 Å². The van der Waals surface area contributed by atoms with Crippen LogP contribution in [0.15, 0.2) is 83.3 Å². The van der Waals surface area contributed by atoms with Crippen LogP contribution < -0.4 is 4.90 Å². The highest BCUT2D eigenvalue weighted by atomic mass is 79.9. The van der Waals surface area contributed by atoms with Gasteiger partial charge >= 0.3 is 0 Å². The second-order valence-corrected chi connectivity index (χ2v) is 5.95. The molecule has 0 amide bonds. The highest BCUT2D eigenvalue weighted by Crippen LogP contribution is 2.30. The Balaban J connectivity index is 2.01. The van der Waals surface area contributed by atoms with Crippen LogP contribution in [-0.2, 0) is 6.54 Å². The third kappa shape index (κ3) is 3.31. The number of nitrogens with zero attached hydrogens (tertiary/aromatic N) is 1. The molecule has 0 saturated heterocycles. The molecule has 0 aromatic heterocycles. The van der Waals surface area contributed by atoms with E-state index in [9.17, 15) is 5.11 Å². The fraction of sp³-hybridized carbons (Fsp3) is 0.0526. The Bertz CT molecular complexity index is 704. The standard InChI is InChI=1S/C19H16BrNO/c20-16-11-12-19(22)15(13-16)14-21(17-7-3-1-4-8-17)18-9-5-2-6-10-18/h1-13,22H,14H2. The first-order valence-corrected chi connectivity index (χ1v) is 7.88. The van der Waals surface area contributed by atoms with E-state index < -0.39 is 0 Å². The number of rotatable bonds is 4. The Morgan fingerprint density at radius 3 is 1.86 bits per heavy atom. The van der Waals surface area contributed by atoms with Gasteiger partial charge in [-0.2, -0.15) is 0 Å². The third-order valence-corrected chi connectivity index (χ3v) is 4.00. The molecule has 0 heterocycles. The molecule has 0 saturated carbocycles. The molecule has 0 unspecified atom stereocenters. The van der Waals surface area contributed by atoms with Crippen LogP contribution in [0.3, 0.4) is 0 Å². The van der Waals surface area contributed by atoms with Crippen LogP contribution in [0.4, 0.5) is 11.4 Å². The molecule has 22 heavy (non-hydrogen) atoms. The average molecular weight is 354 g/mol. The first-order chi connectivity index (χ1) is 10.7. The number of phenols is 1. The van der Waals surface area contributed by atoms with Gasteiger partial charge < -0.3 is 10.0 Å². The van der Waals surface area contributed by atoms with E-state index in [1.54, 1.807) is 6.07 Å². The number of hydrogen-bond acceptors (Lipinski definition) is 2. The lowest BCUT2D eigenvalue weighted by atomic mass is 10.1. The van der Waals surface area contributed by atoms with Crippen molar-refractivity contribution in [3.8, 4) is 5.75 Å². The summed E-state index contributed by atoms with van der Waals surface area (Å²) < 4.78 is 0.960. The zero-order valence-corrected chi connectivity index (χ0v) is 13.6. The quantitative estimate of drug-likeness (QED) is 0.669. The Hall–Kier alpha value is -2.26. The van der Waals surface area contributed by atoms with E-state index in [0.717, 1.165) is 21.4 Å². The summed E-state index contributed by atoms with van der Waals surface area (Å²) in [5.41, 5.74) is 3.06. The maximum absolute atomic E-state index is 10.1. The van der Waals surface area contributed by atoms with E-state index in [4.69, 9.17) is 0 Å². The van der Waals surface area contributed by atoms with Gasteiger partial charge in [0.15, 0.2) is 0 Å². The largest absolute Gasteiger partial charge is 0.508 e. The molecular weight excluding hydrogens is 338 g/mol. The van der Waals surface area contributed by atoms with E-state index in [0.29, 0.717) is 12.3 Å². The predicted octanol–water partition coefficient (Wildman–Crippen LogP) is 5.49. The maximum Gasteiger partial charge on any atom is 0.120 e. The number of anilines is 2. The van der Waals surface area contributed by atoms with Crippen LogP contribution in [0.1, 0.15) is 5.56 Å². The zero-order chi connectivity index (χ0) is 15.4. The number of para-hydroxylation sites is 2. The number of hydrogen-bond donors (Lipinski definition) is 1. The summed E-state index contributed by atoms with van der Waals surface area (Å²) in [4.78, 5) is 2.18. The van der Waals surface area contributed by atoms with Crippen molar-refractivity contribution >= 4 is 27.3 Å². The van der Waals surface area contributed by atoms with Crippen LogP contribution in [0.5, 0.6) is 5.75 Å². The normalized spacial score (nSPS) is 10.4. The second-order valence-electron chi connectivity index (χ2n) is 5.03. The van der Waals surface area contributed by atoms with Gasteiger partial charge in [0.25, 0.3) is 0 Å². The lowest BCUT2D eigenvalue weighted by Gasteiger charge is -2.25. The summed E-state index contributed by atoms with van der Waals surface area (Å²) in [5, 5.41) is 10.1. The molecule has 3 heteroatoms. The Morgan fingerprint density at radius 2 is 1.32 bits per heavy atom. The van der Waals surface area contributed by atoms with Crippen LogP contribution in [0.2, 0.25) is 0 Å². The average Bonchev–Trinajstić information content (AvgIpc) is 2.57. The van der Waals surface area contributed by atoms with Gasteiger partial charge in [-0.1, -0.05) is 52.3 Å². The fourth-order valence-electron chi connectivity index (χ4n) is 2.40. The topological polar surface area (TPSA) is 23.5 Å².